The van der Waals surface area contributed by atoms with Gasteiger partial charge in [-0.25, -0.2) is 0 Å². The van der Waals surface area contributed by atoms with Crippen LogP contribution in [-0.2, 0) is 4.79 Å². The van der Waals surface area contributed by atoms with Crippen molar-refractivity contribution in [3.05, 3.63) is 0 Å². The molecule has 110 valence electrons. The SMILES string of the molecule is CC1CCN(C(=O)CC2CCC(C)(C)CC2)CC1O. The summed E-state index contributed by atoms with van der Waals surface area (Å²) in [5.41, 5.74) is 0.469. The molecule has 2 aliphatic rings. The van der Waals surface area contributed by atoms with Crippen LogP contribution in [0.25, 0.3) is 0 Å². The molecular formula is C16H29NO2. The van der Waals surface area contributed by atoms with Crippen LogP contribution in [0.5, 0.6) is 0 Å². The Hall–Kier alpha value is -0.570. The molecule has 0 radical (unpaired) electrons. The van der Waals surface area contributed by atoms with E-state index in [1.165, 1.54) is 25.7 Å². The molecule has 0 bridgehead atoms. The maximum Gasteiger partial charge on any atom is 0.222 e. The van der Waals surface area contributed by atoms with Crippen molar-refractivity contribution in [1.29, 1.82) is 0 Å². The van der Waals surface area contributed by atoms with Crippen LogP contribution in [0.1, 0.15) is 59.3 Å². The number of aliphatic hydroxyl groups excluding tert-OH is 1. The van der Waals surface area contributed by atoms with Gasteiger partial charge in [0.25, 0.3) is 0 Å². The zero-order valence-corrected chi connectivity index (χ0v) is 12.7. The second kappa shape index (κ2) is 5.82. The average Bonchev–Trinajstić information content (AvgIpc) is 2.35. The number of amides is 1. The third-order valence-electron chi connectivity index (χ3n) is 5.19. The first-order valence-electron chi connectivity index (χ1n) is 7.83. The van der Waals surface area contributed by atoms with Gasteiger partial charge in [0, 0.05) is 19.5 Å². The molecule has 1 heterocycles. The van der Waals surface area contributed by atoms with Crippen LogP contribution in [-0.4, -0.2) is 35.1 Å². The van der Waals surface area contributed by atoms with Crippen LogP contribution in [0.4, 0.5) is 0 Å². The Morgan fingerprint density at radius 2 is 1.89 bits per heavy atom. The molecule has 2 atom stereocenters. The van der Waals surface area contributed by atoms with Crippen LogP contribution in [0.3, 0.4) is 0 Å². The lowest BCUT2D eigenvalue weighted by Gasteiger charge is -2.37. The van der Waals surface area contributed by atoms with Crippen molar-refractivity contribution >= 4 is 5.91 Å². The van der Waals surface area contributed by atoms with E-state index < -0.39 is 0 Å². The number of hydrogen-bond donors (Lipinski definition) is 1. The second-order valence-corrected chi connectivity index (χ2v) is 7.48. The Labute approximate surface area is 117 Å². The molecule has 1 N–H and O–H groups in total. The van der Waals surface area contributed by atoms with Gasteiger partial charge < -0.3 is 10.0 Å². The van der Waals surface area contributed by atoms with Gasteiger partial charge in [-0.1, -0.05) is 20.8 Å². The number of nitrogens with zero attached hydrogens (tertiary/aromatic N) is 1. The topological polar surface area (TPSA) is 40.5 Å². The summed E-state index contributed by atoms with van der Waals surface area (Å²) >= 11 is 0. The van der Waals surface area contributed by atoms with Crippen LogP contribution in [0.15, 0.2) is 0 Å². The smallest absolute Gasteiger partial charge is 0.222 e. The van der Waals surface area contributed by atoms with Crippen molar-refractivity contribution in [2.75, 3.05) is 13.1 Å². The first kappa shape index (κ1) is 14.8. The molecular weight excluding hydrogens is 238 g/mol. The molecule has 2 fully saturated rings. The molecule has 2 unspecified atom stereocenters. The monoisotopic (exact) mass is 267 g/mol. The quantitative estimate of drug-likeness (QED) is 0.836. The Balaban J connectivity index is 1.79. The fourth-order valence-corrected chi connectivity index (χ4v) is 3.31. The van der Waals surface area contributed by atoms with Gasteiger partial charge in [-0.15, -0.1) is 0 Å². The van der Waals surface area contributed by atoms with E-state index in [0.29, 0.717) is 30.2 Å². The van der Waals surface area contributed by atoms with Crippen molar-refractivity contribution in [2.45, 2.75) is 65.4 Å². The third kappa shape index (κ3) is 3.95. The third-order valence-corrected chi connectivity index (χ3v) is 5.19. The highest BCUT2D eigenvalue weighted by molar-refractivity contribution is 5.76. The summed E-state index contributed by atoms with van der Waals surface area (Å²) in [5, 5.41) is 9.88. The van der Waals surface area contributed by atoms with E-state index in [1.807, 2.05) is 4.90 Å². The standard InChI is InChI=1S/C16H29NO2/c1-12-6-9-17(11-14(12)18)15(19)10-13-4-7-16(2,3)8-5-13/h12-14,18H,4-11H2,1-3H3. The van der Waals surface area contributed by atoms with Gasteiger partial charge in [-0.2, -0.15) is 0 Å². The molecule has 0 aromatic rings. The molecule has 0 aromatic heterocycles. The molecule has 1 saturated heterocycles. The highest BCUT2D eigenvalue weighted by atomic mass is 16.3. The minimum absolute atomic E-state index is 0.260. The maximum absolute atomic E-state index is 12.3. The second-order valence-electron chi connectivity index (χ2n) is 7.48. The predicted molar refractivity (Wildman–Crippen MR) is 76.7 cm³/mol. The summed E-state index contributed by atoms with van der Waals surface area (Å²) in [4.78, 5) is 14.2. The normalized spacial score (nSPS) is 32.3. The van der Waals surface area contributed by atoms with E-state index in [9.17, 15) is 9.90 Å². The Kier molecular flexibility index (Phi) is 4.54. The van der Waals surface area contributed by atoms with Gasteiger partial charge in [0.15, 0.2) is 0 Å². The Morgan fingerprint density at radius 1 is 1.26 bits per heavy atom. The highest BCUT2D eigenvalue weighted by Crippen LogP contribution is 2.39. The molecule has 1 amide bonds. The number of carbonyl (C=O) groups is 1. The lowest BCUT2D eigenvalue weighted by atomic mass is 9.72. The molecule has 2 rings (SSSR count). The average molecular weight is 267 g/mol. The summed E-state index contributed by atoms with van der Waals surface area (Å²) in [6.45, 7) is 8.09. The van der Waals surface area contributed by atoms with E-state index in [0.717, 1.165) is 13.0 Å². The molecule has 1 saturated carbocycles. The minimum Gasteiger partial charge on any atom is -0.391 e. The van der Waals surface area contributed by atoms with Gasteiger partial charge >= 0.3 is 0 Å². The summed E-state index contributed by atoms with van der Waals surface area (Å²) in [6, 6.07) is 0. The Morgan fingerprint density at radius 3 is 2.47 bits per heavy atom. The van der Waals surface area contributed by atoms with Crippen molar-refractivity contribution in [2.24, 2.45) is 17.3 Å². The number of hydrogen-bond acceptors (Lipinski definition) is 2. The van der Waals surface area contributed by atoms with Crippen molar-refractivity contribution < 1.29 is 9.90 Å². The van der Waals surface area contributed by atoms with E-state index >= 15 is 0 Å². The summed E-state index contributed by atoms with van der Waals surface area (Å²) in [5.74, 6) is 1.16. The van der Waals surface area contributed by atoms with Crippen LogP contribution >= 0.6 is 0 Å². The molecule has 0 aromatic carbocycles. The first-order chi connectivity index (χ1) is 8.87. The van der Waals surface area contributed by atoms with E-state index in [1.54, 1.807) is 0 Å². The molecule has 0 spiro atoms. The number of likely N-dealkylation sites (tertiary alicyclic amines) is 1. The van der Waals surface area contributed by atoms with Crippen LogP contribution < -0.4 is 0 Å². The zero-order valence-electron chi connectivity index (χ0n) is 12.7. The van der Waals surface area contributed by atoms with Gasteiger partial charge in [-0.3, -0.25) is 4.79 Å². The molecule has 19 heavy (non-hydrogen) atoms. The van der Waals surface area contributed by atoms with Gasteiger partial charge in [0.05, 0.1) is 6.10 Å². The highest BCUT2D eigenvalue weighted by Gasteiger charge is 2.31. The van der Waals surface area contributed by atoms with Crippen molar-refractivity contribution in [3.63, 3.8) is 0 Å². The summed E-state index contributed by atoms with van der Waals surface area (Å²) in [6.07, 6.45) is 6.15. The van der Waals surface area contributed by atoms with E-state index in [-0.39, 0.29) is 12.0 Å². The minimum atomic E-state index is -0.331. The van der Waals surface area contributed by atoms with Crippen molar-refractivity contribution in [3.8, 4) is 0 Å². The largest absolute Gasteiger partial charge is 0.391 e. The summed E-state index contributed by atoms with van der Waals surface area (Å²) in [7, 11) is 0. The fraction of sp³-hybridized carbons (Fsp3) is 0.938. The fourth-order valence-electron chi connectivity index (χ4n) is 3.31. The molecule has 3 heteroatoms. The number of piperidine rings is 1. The molecule has 1 aliphatic heterocycles. The first-order valence-corrected chi connectivity index (χ1v) is 7.83. The number of β-amino-alcohol motifs (C(OH)–C–C–N with tert-alkyl or cyclic N) is 1. The molecule has 3 nitrogen and oxygen atoms in total. The van der Waals surface area contributed by atoms with E-state index in [2.05, 4.69) is 20.8 Å². The van der Waals surface area contributed by atoms with Crippen LogP contribution in [0.2, 0.25) is 0 Å². The number of rotatable bonds is 2. The lowest BCUT2D eigenvalue weighted by molar-refractivity contribution is -0.136. The van der Waals surface area contributed by atoms with Gasteiger partial charge in [0.1, 0.15) is 0 Å². The molecule has 1 aliphatic carbocycles. The van der Waals surface area contributed by atoms with Crippen LogP contribution in [0, 0.1) is 17.3 Å². The zero-order chi connectivity index (χ0) is 14.0. The predicted octanol–water partition coefficient (Wildman–Crippen LogP) is 2.82. The lowest BCUT2D eigenvalue weighted by Crippen LogP contribution is -2.46. The number of carbonyl (C=O) groups excluding carboxylic acids is 1. The van der Waals surface area contributed by atoms with E-state index in [4.69, 9.17) is 0 Å². The summed E-state index contributed by atoms with van der Waals surface area (Å²) < 4.78 is 0. The van der Waals surface area contributed by atoms with Gasteiger partial charge in [0.2, 0.25) is 5.91 Å². The number of aliphatic hydroxyl groups is 1. The maximum atomic E-state index is 12.3. The van der Waals surface area contributed by atoms with Gasteiger partial charge in [-0.05, 0) is 49.4 Å². The van der Waals surface area contributed by atoms with Crippen molar-refractivity contribution in [1.82, 2.24) is 4.90 Å². The Bertz CT molecular complexity index is 317.